The molecule has 2 amide bonds. The number of anilines is 1. The molecule has 0 aliphatic rings. The highest BCUT2D eigenvalue weighted by Crippen LogP contribution is 2.16. The van der Waals surface area contributed by atoms with E-state index >= 15 is 0 Å². The van der Waals surface area contributed by atoms with Gasteiger partial charge in [-0.25, -0.2) is 4.98 Å². The molecule has 1 aromatic carbocycles. The highest BCUT2D eigenvalue weighted by Gasteiger charge is 2.14. The van der Waals surface area contributed by atoms with E-state index in [4.69, 9.17) is 0 Å². The molecule has 7 heteroatoms. The maximum Gasteiger partial charge on any atom is 0.239 e. The number of nitrogens with one attached hydrogen (secondary N) is 2. The van der Waals surface area contributed by atoms with Gasteiger partial charge >= 0.3 is 0 Å². The van der Waals surface area contributed by atoms with E-state index < -0.39 is 0 Å². The summed E-state index contributed by atoms with van der Waals surface area (Å²) in [7, 11) is 1.73. The van der Waals surface area contributed by atoms with Crippen molar-refractivity contribution in [2.45, 2.75) is 19.9 Å². The lowest BCUT2D eigenvalue weighted by Gasteiger charge is -2.19. The van der Waals surface area contributed by atoms with Crippen molar-refractivity contribution in [3.8, 4) is 0 Å². The third-order valence-corrected chi connectivity index (χ3v) is 4.28. The van der Waals surface area contributed by atoms with Gasteiger partial charge in [0.25, 0.3) is 0 Å². The zero-order valence-corrected chi connectivity index (χ0v) is 16.7. The Bertz CT molecular complexity index is 747. The van der Waals surface area contributed by atoms with Gasteiger partial charge in [-0.15, -0.1) is 0 Å². The fraction of sp³-hybridized carbons (Fsp3) is 0.316. The molecule has 6 nitrogen and oxygen atoms in total. The summed E-state index contributed by atoms with van der Waals surface area (Å²) in [6.07, 6.45) is 1.69. The third kappa shape index (κ3) is 6.57. The molecule has 0 aliphatic carbocycles. The van der Waals surface area contributed by atoms with Gasteiger partial charge in [-0.3, -0.25) is 14.5 Å². The maximum absolute atomic E-state index is 12.2. The lowest BCUT2D eigenvalue weighted by Crippen LogP contribution is -2.39. The van der Waals surface area contributed by atoms with Crippen LogP contribution in [0.2, 0.25) is 0 Å². The van der Waals surface area contributed by atoms with Gasteiger partial charge < -0.3 is 10.6 Å². The topological polar surface area (TPSA) is 74.3 Å². The Morgan fingerprint density at radius 3 is 2.38 bits per heavy atom. The van der Waals surface area contributed by atoms with Crippen LogP contribution in [0.4, 0.5) is 5.82 Å². The highest BCUT2D eigenvalue weighted by atomic mass is 79.9. The van der Waals surface area contributed by atoms with E-state index in [0.29, 0.717) is 5.82 Å². The molecular formula is C19H23BrN4O2. The van der Waals surface area contributed by atoms with E-state index in [0.717, 1.165) is 15.6 Å². The number of hydrogen-bond acceptors (Lipinski definition) is 4. The van der Waals surface area contributed by atoms with Gasteiger partial charge in [0.15, 0.2) is 0 Å². The van der Waals surface area contributed by atoms with Crippen molar-refractivity contribution in [2.24, 2.45) is 0 Å². The van der Waals surface area contributed by atoms with Crippen LogP contribution >= 0.6 is 15.9 Å². The quantitative estimate of drug-likeness (QED) is 0.724. The highest BCUT2D eigenvalue weighted by molar-refractivity contribution is 9.10. The van der Waals surface area contributed by atoms with E-state index in [2.05, 4.69) is 31.5 Å². The predicted molar refractivity (Wildman–Crippen MR) is 106 cm³/mol. The third-order valence-electron chi connectivity index (χ3n) is 3.75. The number of carbonyl (C=O) groups excluding carboxylic acids is 2. The molecule has 2 N–H and O–H groups in total. The Balaban J connectivity index is 1.78. The molecule has 2 rings (SSSR count). The van der Waals surface area contributed by atoms with Crippen LogP contribution in [-0.4, -0.2) is 41.8 Å². The lowest BCUT2D eigenvalue weighted by atomic mass is 10.1. The van der Waals surface area contributed by atoms with Crippen molar-refractivity contribution in [1.29, 1.82) is 0 Å². The minimum absolute atomic E-state index is 0.102. The molecule has 138 valence electrons. The van der Waals surface area contributed by atoms with Crippen molar-refractivity contribution in [1.82, 2.24) is 15.2 Å². The average molecular weight is 419 g/mol. The Kier molecular flexibility index (Phi) is 7.29. The second-order valence-electron chi connectivity index (χ2n) is 6.28. The van der Waals surface area contributed by atoms with Crippen LogP contribution < -0.4 is 10.6 Å². The van der Waals surface area contributed by atoms with Crippen molar-refractivity contribution >= 4 is 33.6 Å². The molecule has 1 aromatic heterocycles. The summed E-state index contributed by atoms with van der Waals surface area (Å²) < 4.78 is 0.994. The van der Waals surface area contributed by atoms with Crippen LogP contribution in [0.15, 0.2) is 47.1 Å². The number of nitrogens with zero attached hydrogens (tertiary/aromatic N) is 2. The Labute approximate surface area is 162 Å². The number of amides is 2. The van der Waals surface area contributed by atoms with Crippen molar-refractivity contribution in [2.75, 3.05) is 25.5 Å². The second-order valence-corrected chi connectivity index (χ2v) is 7.20. The minimum Gasteiger partial charge on any atom is -0.348 e. The van der Waals surface area contributed by atoms with Gasteiger partial charge in [0, 0.05) is 10.7 Å². The van der Waals surface area contributed by atoms with Gasteiger partial charge in [-0.05, 0) is 50.2 Å². The van der Waals surface area contributed by atoms with E-state index in [1.54, 1.807) is 24.2 Å². The van der Waals surface area contributed by atoms with Crippen molar-refractivity contribution < 1.29 is 9.59 Å². The number of pyridine rings is 1. The van der Waals surface area contributed by atoms with Crippen molar-refractivity contribution in [3.05, 3.63) is 58.2 Å². The number of benzene rings is 1. The Morgan fingerprint density at radius 1 is 1.12 bits per heavy atom. The van der Waals surface area contributed by atoms with Gasteiger partial charge in [0.05, 0.1) is 19.1 Å². The zero-order chi connectivity index (χ0) is 19.1. The monoisotopic (exact) mass is 418 g/mol. The van der Waals surface area contributed by atoms with Crippen LogP contribution in [0.1, 0.15) is 24.1 Å². The summed E-state index contributed by atoms with van der Waals surface area (Å²) in [5.74, 6) is 0.157. The van der Waals surface area contributed by atoms with E-state index in [-0.39, 0.29) is 30.9 Å². The van der Waals surface area contributed by atoms with E-state index in [1.807, 2.05) is 44.2 Å². The molecule has 0 bridgehead atoms. The van der Waals surface area contributed by atoms with Crippen LogP contribution in [0.5, 0.6) is 0 Å². The van der Waals surface area contributed by atoms with E-state index in [1.165, 1.54) is 0 Å². The fourth-order valence-electron chi connectivity index (χ4n) is 2.39. The normalized spacial score (nSPS) is 11.9. The number of halogens is 1. The zero-order valence-electron chi connectivity index (χ0n) is 15.1. The molecule has 0 spiro atoms. The number of hydrogen-bond donors (Lipinski definition) is 2. The molecule has 26 heavy (non-hydrogen) atoms. The first-order valence-electron chi connectivity index (χ1n) is 8.29. The van der Waals surface area contributed by atoms with Gasteiger partial charge in [-0.2, -0.15) is 0 Å². The molecule has 1 unspecified atom stereocenters. The van der Waals surface area contributed by atoms with Crippen molar-refractivity contribution in [3.63, 3.8) is 0 Å². The molecule has 0 aliphatic heterocycles. The van der Waals surface area contributed by atoms with Gasteiger partial charge in [0.2, 0.25) is 11.8 Å². The first-order chi connectivity index (χ1) is 12.3. The van der Waals surface area contributed by atoms with Crippen LogP contribution in [0, 0.1) is 6.92 Å². The standard InChI is InChI=1S/C19H23BrN4O2/c1-13-4-9-17(21-10-13)23-19(26)12-24(3)11-18(25)22-14(2)15-5-7-16(20)8-6-15/h4-10,14H,11-12H2,1-3H3,(H,22,25)(H,21,23,26). The summed E-state index contributed by atoms with van der Waals surface area (Å²) in [5, 5.41) is 5.65. The summed E-state index contributed by atoms with van der Waals surface area (Å²) in [6.45, 7) is 4.10. The average Bonchev–Trinajstić information content (AvgIpc) is 2.57. The smallest absolute Gasteiger partial charge is 0.239 e. The molecule has 1 heterocycles. The van der Waals surface area contributed by atoms with E-state index in [9.17, 15) is 9.59 Å². The molecular weight excluding hydrogens is 396 g/mol. The lowest BCUT2D eigenvalue weighted by molar-refractivity contribution is -0.123. The summed E-state index contributed by atoms with van der Waals surface area (Å²) in [5.41, 5.74) is 2.05. The minimum atomic E-state index is -0.211. The summed E-state index contributed by atoms with van der Waals surface area (Å²) in [4.78, 5) is 30.0. The van der Waals surface area contributed by atoms with Gasteiger partial charge in [-0.1, -0.05) is 34.1 Å². The Hall–Kier alpha value is -2.25. The Morgan fingerprint density at radius 2 is 1.77 bits per heavy atom. The summed E-state index contributed by atoms with van der Waals surface area (Å²) in [6, 6.07) is 11.3. The SMILES string of the molecule is Cc1ccc(NC(=O)CN(C)CC(=O)NC(C)c2ccc(Br)cc2)nc1. The fourth-order valence-corrected chi connectivity index (χ4v) is 2.66. The molecule has 0 saturated carbocycles. The molecule has 0 fully saturated rings. The largest absolute Gasteiger partial charge is 0.348 e. The number of aryl methyl sites for hydroxylation is 1. The predicted octanol–water partition coefficient (Wildman–Crippen LogP) is 2.90. The van der Waals surface area contributed by atoms with Crippen LogP contribution in [0.25, 0.3) is 0 Å². The summed E-state index contributed by atoms with van der Waals surface area (Å²) >= 11 is 3.39. The van der Waals surface area contributed by atoms with Crippen LogP contribution in [0.3, 0.4) is 0 Å². The first kappa shape index (κ1) is 20.1. The molecule has 0 saturated heterocycles. The number of likely N-dealkylation sites (N-methyl/N-ethyl adjacent to an activating group) is 1. The van der Waals surface area contributed by atoms with Crippen LogP contribution in [-0.2, 0) is 9.59 Å². The van der Waals surface area contributed by atoms with Gasteiger partial charge in [0.1, 0.15) is 5.82 Å². The first-order valence-corrected chi connectivity index (χ1v) is 9.08. The molecule has 1 atom stereocenters. The molecule has 0 radical (unpaired) electrons. The number of aromatic nitrogens is 1. The number of carbonyl (C=O) groups is 2. The molecule has 2 aromatic rings. The maximum atomic E-state index is 12.2. The second kappa shape index (κ2) is 9.45. The number of rotatable bonds is 7.